The van der Waals surface area contributed by atoms with Gasteiger partial charge in [0.05, 0.1) is 10.4 Å². The maximum atomic E-state index is 13.2. The molecule has 9 heteroatoms. The number of nitro benzene ring substituents is 1. The van der Waals surface area contributed by atoms with Gasteiger partial charge in [0.25, 0.3) is 11.6 Å². The molecule has 1 aromatic heterocycles. The number of carbonyl (C=O) groups is 1. The molecule has 0 spiro atoms. The zero-order valence-electron chi connectivity index (χ0n) is 15.6. The van der Waals surface area contributed by atoms with Crippen molar-refractivity contribution in [2.75, 3.05) is 27.2 Å². The van der Waals surface area contributed by atoms with Gasteiger partial charge in [-0.2, -0.15) is 5.10 Å². The number of aromatic amines is 1. The van der Waals surface area contributed by atoms with E-state index in [1.807, 2.05) is 31.1 Å². The minimum Gasteiger partial charge on any atom is -0.332 e. The van der Waals surface area contributed by atoms with Crippen molar-refractivity contribution in [3.8, 4) is 0 Å². The summed E-state index contributed by atoms with van der Waals surface area (Å²) in [5.41, 5.74) is 1.60. The molecule has 0 bridgehead atoms. The second-order valence-corrected chi connectivity index (χ2v) is 7.15. The lowest BCUT2D eigenvalue weighted by Crippen LogP contribution is -2.36. The number of likely N-dealkylation sites (N-methyl/N-ethyl adjacent to an activating group) is 1. The number of H-pyrrole nitrogens is 1. The van der Waals surface area contributed by atoms with E-state index in [-0.39, 0.29) is 17.3 Å². The normalized spacial score (nSPS) is 11.1. The van der Waals surface area contributed by atoms with Crippen molar-refractivity contribution in [2.24, 2.45) is 0 Å². The number of non-ortho nitro benzene ring substituents is 1. The molecule has 0 atom stereocenters. The number of halogens is 1. The molecule has 0 saturated carbocycles. The first kappa shape index (κ1) is 19.8. The zero-order chi connectivity index (χ0) is 20.3. The van der Waals surface area contributed by atoms with Crippen LogP contribution < -0.4 is 0 Å². The minimum absolute atomic E-state index is 0.0829. The molecule has 1 heterocycles. The third-order valence-corrected chi connectivity index (χ3v) is 4.60. The fourth-order valence-electron chi connectivity index (χ4n) is 2.81. The lowest BCUT2D eigenvalue weighted by molar-refractivity contribution is -0.384. The van der Waals surface area contributed by atoms with Gasteiger partial charge in [-0.3, -0.25) is 20.0 Å². The van der Waals surface area contributed by atoms with Gasteiger partial charge in [-0.25, -0.2) is 0 Å². The van der Waals surface area contributed by atoms with E-state index >= 15 is 0 Å². The van der Waals surface area contributed by atoms with Crippen LogP contribution >= 0.6 is 11.6 Å². The van der Waals surface area contributed by atoms with Gasteiger partial charge < -0.3 is 9.80 Å². The maximum Gasteiger partial charge on any atom is 0.275 e. The summed E-state index contributed by atoms with van der Waals surface area (Å²) in [4.78, 5) is 27.5. The van der Waals surface area contributed by atoms with Crippen LogP contribution in [0.3, 0.4) is 0 Å². The van der Waals surface area contributed by atoms with Gasteiger partial charge in [-0.1, -0.05) is 23.7 Å². The van der Waals surface area contributed by atoms with E-state index in [4.69, 9.17) is 11.6 Å². The first-order valence-corrected chi connectivity index (χ1v) is 9.04. The molecule has 8 nitrogen and oxygen atoms in total. The Bertz CT molecular complexity index is 1000. The molecule has 1 amide bonds. The number of rotatable bonds is 7. The molecular weight excluding hydrogens is 382 g/mol. The fourth-order valence-corrected chi connectivity index (χ4v) is 2.94. The van der Waals surface area contributed by atoms with Gasteiger partial charge in [0, 0.05) is 42.2 Å². The highest BCUT2D eigenvalue weighted by Gasteiger charge is 2.23. The number of aromatic nitrogens is 2. The number of nitrogens with one attached hydrogen (secondary N) is 1. The monoisotopic (exact) mass is 401 g/mol. The quantitative estimate of drug-likeness (QED) is 0.484. The molecular formula is C19H20ClN5O3. The molecule has 0 saturated heterocycles. The molecule has 3 aromatic rings. The van der Waals surface area contributed by atoms with Gasteiger partial charge in [0.1, 0.15) is 0 Å². The van der Waals surface area contributed by atoms with Crippen LogP contribution in [0.5, 0.6) is 0 Å². The highest BCUT2D eigenvalue weighted by Crippen LogP contribution is 2.23. The molecule has 146 valence electrons. The molecule has 0 unspecified atom stereocenters. The number of fused-ring (bicyclic) bond motifs is 1. The maximum absolute atomic E-state index is 13.2. The van der Waals surface area contributed by atoms with E-state index in [1.165, 1.54) is 12.1 Å². The highest BCUT2D eigenvalue weighted by molar-refractivity contribution is 6.30. The second kappa shape index (κ2) is 8.37. The van der Waals surface area contributed by atoms with Crippen molar-refractivity contribution >= 4 is 34.1 Å². The van der Waals surface area contributed by atoms with Crippen LogP contribution in [0.15, 0.2) is 42.5 Å². The Balaban J connectivity index is 1.93. The van der Waals surface area contributed by atoms with Crippen molar-refractivity contribution in [3.63, 3.8) is 0 Å². The number of nitro groups is 1. The first-order chi connectivity index (χ1) is 13.3. The molecule has 0 fully saturated rings. The lowest BCUT2D eigenvalue weighted by Gasteiger charge is -2.24. The van der Waals surface area contributed by atoms with Crippen molar-refractivity contribution in [3.05, 3.63) is 68.9 Å². The second-order valence-electron chi connectivity index (χ2n) is 6.72. The van der Waals surface area contributed by atoms with Crippen molar-refractivity contribution in [2.45, 2.75) is 6.54 Å². The Morgan fingerprint density at radius 3 is 2.54 bits per heavy atom. The highest BCUT2D eigenvalue weighted by atomic mass is 35.5. The zero-order valence-corrected chi connectivity index (χ0v) is 16.3. The van der Waals surface area contributed by atoms with Crippen LogP contribution in [0, 0.1) is 10.1 Å². The van der Waals surface area contributed by atoms with Crippen molar-refractivity contribution < 1.29 is 9.72 Å². The summed E-state index contributed by atoms with van der Waals surface area (Å²) in [5.74, 6) is -0.288. The summed E-state index contributed by atoms with van der Waals surface area (Å²) >= 11 is 5.94. The third kappa shape index (κ3) is 4.47. The van der Waals surface area contributed by atoms with Gasteiger partial charge in [-0.05, 0) is 37.9 Å². The summed E-state index contributed by atoms with van der Waals surface area (Å²) in [7, 11) is 3.86. The molecule has 0 aliphatic carbocycles. The third-order valence-electron chi connectivity index (χ3n) is 4.35. The topological polar surface area (TPSA) is 95.4 Å². The van der Waals surface area contributed by atoms with Crippen LogP contribution in [-0.2, 0) is 6.54 Å². The van der Waals surface area contributed by atoms with Crippen molar-refractivity contribution in [1.29, 1.82) is 0 Å². The number of hydrogen-bond donors (Lipinski definition) is 1. The molecule has 0 aliphatic rings. The van der Waals surface area contributed by atoms with Crippen molar-refractivity contribution in [1.82, 2.24) is 20.0 Å². The first-order valence-electron chi connectivity index (χ1n) is 8.66. The molecule has 2 aromatic carbocycles. The summed E-state index contributed by atoms with van der Waals surface area (Å²) in [6, 6.07) is 11.6. The molecule has 0 radical (unpaired) electrons. The van der Waals surface area contributed by atoms with Gasteiger partial charge in [0.15, 0.2) is 5.69 Å². The lowest BCUT2D eigenvalue weighted by atomic mass is 10.1. The molecule has 0 aliphatic heterocycles. The Labute approximate surface area is 166 Å². The van der Waals surface area contributed by atoms with Gasteiger partial charge >= 0.3 is 0 Å². The Morgan fingerprint density at radius 2 is 1.89 bits per heavy atom. The number of amides is 1. The van der Waals surface area contributed by atoms with E-state index in [0.717, 1.165) is 5.56 Å². The molecule has 28 heavy (non-hydrogen) atoms. The SMILES string of the molecule is CN(C)CCN(Cc1ccc(Cl)cc1)C(=O)c1n[nH]c2ccc([N+](=O)[O-])cc12. The number of hydrogen-bond acceptors (Lipinski definition) is 5. The predicted octanol–water partition coefficient (Wildman–Crippen LogP) is 3.33. The standard InChI is InChI=1S/C19H20ClN5O3/c1-23(2)9-10-24(12-13-3-5-14(20)6-4-13)19(26)18-16-11-15(25(27)28)7-8-17(16)21-22-18/h3-8,11H,9-10,12H2,1-2H3,(H,21,22). The molecule has 1 N–H and O–H groups in total. The van der Waals surface area contributed by atoms with Gasteiger partial charge in [0.2, 0.25) is 0 Å². The van der Waals surface area contributed by atoms with Crippen LogP contribution in [-0.4, -0.2) is 58.0 Å². The van der Waals surface area contributed by atoms with E-state index in [0.29, 0.717) is 35.6 Å². The Hall–Kier alpha value is -2.97. The average molecular weight is 402 g/mol. The predicted molar refractivity (Wildman–Crippen MR) is 107 cm³/mol. The summed E-state index contributed by atoms with van der Waals surface area (Å²) in [6.07, 6.45) is 0. The van der Waals surface area contributed by atoms with E-state index in [9.17, 15) is 14.9 Å². The summed E-state index contributed by atoms with van der Waals surface area (Å²) < 4.78 is 0. The minimum atomic E-state index is -0.488. The smallest absolute Gasteiger partial charge is 0.275 e. The van der Waals surface area contributed by atoms with E-state index in [1.54, 1.807) is 23.1 Å². The van der Waals surface area contributed by atoms with E-state index < -0.39 is 4.92 Å². The van der Waals surface area contributed by atoms with Crippen LogP contribution in [0.4, 0.5) is 5.69 Å². The largest absolute Gasteiger partial charge is 0.332 e. The Kier molecular flexibility index (Phi) is 5.91. The summed E-state index contributed by atoms with van der Waals surface area (Å²) in [6.45, 7) is 1.53. The number of carbonyl (C=O) groups excluding carboxylic acids is 1. The van der Waals surface area contributed by atoms with Crippen LogP contribution in [0.25, 0.3) is 10.9 Å². The molecule has 3 rings (SSSR count). The average Bonchev–Trinajstić information content (AvgIpc) is 3.09. The van der Waals surface area contributed by atoms with Crippen LogP contribution in [0.1, 0.15) is 16.1 Å². The van der Waals surface area contributed by atoms with Crippen LogP contribution in [0.2, 0.25) is 5.02 Å². The van der Waals surface area contributed by atoms with Gasteiger partial charge in [-0.15, -0.1) is 0 Å². The number of benzene rings is 2. The van der Waals surface area contributed by atoms with E-state index in [2.05, 4.69) is 10.2 Å². The summed E-state index contributed by atoms with van der Waals surface area (Å²) in [5, 5.41) is 19.1. The Morgan fingerprint density at radius 1 is 1.18 bits per heavy atom. The number of nitrogens with zero attached hydrogens (tertiary/aromatic N) is 4. The fraction of sp³-hybridized carbons (Fsp3) is 0.263.